The molecule has 3 rings (SSSR count). The van der Waals surface area contributed by atoms with Crippen molar-refractivity contribution in [1.82, 2.24) is 25.1 Å². The molecule has 132 valence electrons. The molecule has 0 aliphatic carbocycles. The summed E-state index contributed by atoms with van der Waals surface area (Å²) in [5.74, 6) is -0.967. The van der Waals surface area contributed by atoms with Gasteiger partial charge in [-0.05, 0) is 24.5 Å². The summed E-state index contributed by atoms with van der Waals surface area (Å²) < 4.78 is 0. The SMILES string of the molecule is CC1CC(C(=O)O)CN(C(=O)C(C)n2nnc(-c3ccccc3)n2)C1. The molecule has 1 aliphatic rings. The van der Waals surface area contributed by atoms with Gasteiger partial charge in [0.15, 0.2) is 0 Å². The van der Waals surface area contributed by atoms with E-state index in [-0.39, 0.29) is 18.4 Å². The van der Waals surface area contributed by atoms with Gasteiger partial charge < -0.3 is 10.0 Å². The minimum Gasteiger partial charge on any atom is -0.481 e. The van der Waals surface area contributed by atoms with E-state index >= 15 is 0 Å². The highest BCUT2D eigenvalue weighted by Crippen LogP contribution is 2.24. The van der Waals surface area contributed by atoms with Crippen molar-refractivity contribution in [3.63, 3.8) is 0 Å². The molecule has 3 atom stereocenters. The van der Waals surface area contributed by atoms with Crippen molar-refractivity contribution in [3.05, 3.63) is 30.3 Å². The summed E-state index contributed by atoms with van der Waals surface area (Å²) in [6.45, 7) is 4.44. The summed E-state index contributed by atoms with van der Waals surface area (Å²) in [5.41, 5.74) is 0.825. The number of amides is 1. The van der Waals surface area contributed by atoms with E-state index in [4.69, 9.17) is 0 Å². The minimum absolute atomic E-state index is 0.148. The average molecular weight is 343 g/mol. The van der Waals surface area contributed by atoms with Crippen LogP contribution in [0.5, 0.6) is 0 Å². The Morgan fingerprint density at radius 2 is 1.96 bits per heavy atom. The van der Waals surface area contributed by atoms with Crippen LogP contribution in [0.15, 0.2) is 30.3 Å². The standard InChI is InChI=1S/C17H21N5O3/c1-11-8-14(17(24)25)10-21(9-11)16(23)12(2)22-19-15(18-20-22)13-6-4-3-5-7-13/h3-7,11-12,14H,8-10H2,1-2H3,(H,24,25). The highest BCUT2D eigenvalue weighted by Gasteiger charge is 2.34. The number of hydrogen-bond acceptors (Lipinski definition) is 5. The van der Waals surface area contributed by atoms with Crippen molar-refractivity contribution in [3.8, 4) is 11.4 Å². The normalized spacial score (nSPS) is 21.8. The third-order valence-electron chi connectivity index (χ3n) is 4.48. The molecular formula is C17H21N5O3. The van der Waals surface area contributed by atoms with Gasteiger partial charge in [-0.2, -0.15) is 4.80 Å². The molecule has 0 saturated carbocycles. The number of aromatic nitrogens is 4. The van der Waals surface area contributed by atoms with Crippen molar-refractivity contribution >= 4 is 11.9 Å². The maximum atomic E-state index is 12.8. The molecular weight excluding hydrogens is 322 g/mol. The molecule has 2 heterocycles. The lowest BCUT2D eigenvalue weighted by Gasteiger charge is -2.35. The Morgan fingerprint density at radius 1 is 1.24 bits per heavy atom. The van der Waals surface area contributed by atoms with Crippen LogP contribution in [0.3, 0.4) is 0 Å². The number of piperidine rings is 1. The largest absolute Gasteiger partial charge is 0.481 e. The summed E-state index contributed by atoms with van der Waals surface area (Å²) in [4.78, 5) is 26.9. The van der Waals surface area contributed by atoms with Gasteiger partial charge in [-0.25, -0.2) is 0 Å². The van der Waals surface area contributed by atoms with E-state index in [1.165, 1.54) is 4.80 Å². The van der Waals surface area contributed by atoms with Crippen LogP contribution in [0.2, 0.25) is 0 Å². The fourth-order valence-corrected chi connectivity index (χ4v) is 3.17. The molecule has 3 unspecified atom stereocenters. The van der Waals surface area contributed by atoms with Crippen LogP contribution in [0.1, 0.15) is 26.3 Å². The lowest BCUT2D eigenvalue weighted by Crippen LogP contribution is -2.47. The third-order valence-corrected chi connectivity index (χ3v) is 4.48. The van der Waals surface area contributed by atoms with Crippen LogP contribution >= 0.6 is 0 Å². The smallest absolute Gasteiger partial charge is 0.308 e. The molecule has 25 heavy (non-hydrogen) atoms. The number of tetrazole rings is 1. The molecule has 0 bridgehead atoms. The number of carbonyl (C=O) groups is 2. The van der Waals surface area contributed by atoms with Crippen LogP contribution in [-0.2, 0) is 9.59 Å². The molecule has 0 spiro atoms. The number of carboxylic acids is 1. The van der Waals surface area contributed by atoms with Gasteiger partial charge in [0.05, 0.1) is 5.92 Å². The number of benzene rings is 1. The van der Waals surface area contributed by atoms with E-state index in [2.05, 4.69) is 15.4 Å². The highest BCUT2D eigenvalue weighted by molar-refractivity contribution is 5.81. The lowest BCUT2D eigenvalue weighted by atomic mass is 9.90. The van der Waals surface area contributed by atoms with Crippen molar-refractivity contribution in [2.24, 2.45) is 11.8 Å². The predicted molar refractivity (Wildman–Crippen MR) is 89.5 cm³/mol. The topological polar surface area (TPSA) is 101 Å². The van der Waals surface area contributed by atoms with Gasteiger partial charge in [-0.1, -0.05) is 37.3 Å². The molecule has 1 N–H and O–H groups in total. The van der Waals surface area contributed by atoms with Gasteiger partial charge in [-0.3, -0.25) is 9.59 Å². The van der Waals surface area contributed by atoms with Gasteiger partial charge >= 0.3 is 5.97 Å². The van der Waals surface area contributed by atoms with Crippen LogP contribution < -0.4 is 0 Å². The fraction of sp³-hybridized carbons (Fsp3) is 0.471. The van der Waals surface area contributed by atoms with E-state index in [0.717, 1.165) is 5.56 Å². The lowest BCUT2D eigenvalue weighted by molar-refractivity contribution is -0.148. The molecule has 1 aromatic carbocycles. The fourth-order valence-electron chi connectivity index (χ4n) is 3.17. The second-order valence-corrected chi connectivity index (χ2v) is 6.59. The molecule has 1 fully saturated rings. The van der Waals surface area contributed by atoms with E-state index in [1.807, 2.05) is 37.3 Å². The number of nitrogens with zero attached hydrogens (tertiary/aromatic N) is 5. The van der Waals surface area contributed by atoms with Gasteiger partial charge in [0.2, 0.25) is 11.7 Å². The molecule has 8 nitrogen and oxygen atoms in total. The van der Waals surface area contributed by atoms with Crippen LogP contribution in [0, 0.1) is 11.8 Å². The number of likely N-dealkylation sites (tertiary alicyclic amines) is 1. The quantitative estimate of drug-likeness (QED) is 0.902. The zero-order valence-electron chi connectivity index (χ0n) is 14.2. The number of hydrogen-bond donors (Lipinski definition) is 1. The van der Waals surface area contributed by atoms with Crippen molar-refractivity contribution in [2.45, 2.75) is 26.3 Å². The van der Waals surface area contributed by atoms with Crippen LogP contribution in [0.25, 0.3) is 11.4 Å². The molecule has 1 aromatic heterocycles. The number of carbonyl (C=O) groups excluding carboxylic acids is 1. The molecule has 0 radical (unpaired) electrons. The van der Waals surface area contributed by atoms with Crippen molar-refractivity contribution < 1.29 is 14.7 Å². The first kappa shape index (κ1) is 17.1. The first-order valence-electron chi connectivity index (χ1n) is 8.32. The summed E-state index contributed by atoms with van der Waals surface area (Å²) in [7, 11) is 0. The van der Waals surface area contributed by atoms with Gasteiger partial charge in [0.25, 0.3) is 0 Å². The van der Waals surface area contributed by atoms with E-state index < -0.39 is 17.9 Å². The monoisotopic (exact) mass is 343 g/mol. The van der Waals surface area contributed by atoms with Gasteiger partial charge in [-0.15, -0.1) is 10.2 Å². The first-order chi connectivity index (χ1) is 12.0. The Kier molecular flexibility index (Phi) is 4.78. The number of carboxylic acid groups (broad SMARTS) is 1. The predicted octanol–water partition coefficient (Wildman–Crippen LogP) is 1.47. The first-order valence-corrected chi connectivity index (χ1v) is 8.32. The van der Waals surface area contributed by atoms with E-state index in [1.54, 1.807) is 11.8 Å². The van der Waals surface area contributed by atoms with Crippen molar-refractivity contribution in [1.29, 1.82) is 0 Å². The van der Waals surface area contributed by atoms with E-state index in [9.17, 15) is 14.7 Å². The molecule has 1 saturated heterocycles. The summed E-state index contributed by atoms with van der Waals surface area (Å²) in [6, 6.07) is 8.77. The third kappa shape index (κ3) is 3.67. The Hall–Kier alpha value is -2.77. The second-order valence-electron chi connectivity index (χ2n) is 6.59. The molecule has 2 aromatic rings. The zero-order chi connectivity index (χ0) is 18.0. The highest BCUT2D eigenvalue weighted by atomic mass is 16.4. The molecule has 8 heteroatoms. The summed E-state index contributed by atoms with van der Waals surface area (Å²) in [5, 5.41) is 21.6. The van der Waals surface area contributed by atoms with Crippen molar-refractivity contribution in [2.75, 3.05) is 13.1 Å². The Bertz CT molecular complexity index is 761. The van der Waals surface area contributed by atoms with Crippen LogP contribution in [0.4, 0.5) is 0 Å². The minimum atomic E-state index is -0.859. The molecule has 1 aliphatic heterocycles. The Balaban J connectivity index is 1.74. The second kappa shape index (κ2) is 7.00. The van der Waals surface area contributed by atoms with Gasteiger partial charge in [0, 0.05) is 18.7 Å². The zero-order valence-corrected chi connectivity index (χ0v) is 14.2. The number of rotatable bonds is 4. The maximum Gasteiger partial charge on any atom is 0.308 e. The van der Waals surface area contributed by atoms with Crippen LogP contribution in [-0.4, -0.2) is 55.2 Å². The summed E-state index contributed by atoms with van der Waals surface area (Å²) in [6.07, 6.45) is 0.591. The average Bonchev–Trinajstić information content (AvgIpc) is 3.10. The Labute approximate surface area is 145 Å². The molecule has 1 amide bonds. The summed E-state index contributed by atoms with van der Waals surface area (Å²) >= 11 is 0. The Morgan fingerprint density at radius 3 is 2.64 bits per heavy atom. The van der Waals surface area contributed by atoms with Gasteiger partial charge in [0.1, 0.15) is 6.04 Å². The maximum absolute atomic E-state index is 12.8. The number of aliphatic carboxylic acids is 1. The van der Waals surface area contributed by atoms with E-state index in [0.29, 0.717) is 18.8 Å².